The highest BCUT2D eigenvalue weighted by molar-refractivity contribution is 5.86. The maximum absolute atomic E-state index is 13.2. The van der Waals surface area contributed by atoms with Crippen LogP contribution in [0.15, 0.2) is 60.9 Å². The van der Waals surface area contributed by atoms with Gasteiger partial charge in [0.15, 0.2) is 0 Å². The minimum absolute atomic E-state index is 0.214. The lowest BCUT2D eigenvalue weighted by Gasteiger charge is -2.03. The second kappa shape index (κ2) is 3.98. The van der Waals surface area contributed by atoms with E-state index in [-0.39, 0.29) is 5.82 Å². The topological polar surface area (TPSA) is 12.9 Å². The second-order valence-electron chi connectivity index (χ2n) is 3.95. The Morgan fingerprint density at radius 3 is 2.59 bits per heavy atom. The number of nitrogens with zero attached hydrogens (tertiary/aromatic N) is 1. The van der Waals surface area contributed by atoms with E-state index in [4.69, 9.17) is 0 Å². The van der Waals surface area contributed by atoms with E-state index in [1.165, 1.54) is 12.1 Å². The number of halogens is 1. The average molecular weight is 223 g/mol. The zero-order valence-electron chi connectivity index (χ0n) is 9.10. The monoisotopic (exact) mass is 223 g/mol. The molecule has 0 atom stereocenters. The molecule has 0 bridgehead atoms. The summed E-state index contributed by atoms with van der Waals surface area (Å²) in [6, 6.07) is 14.6. The van der Waals surface area contributed by atoms with Gasteiger partial charge < -0.3 is 0 Å². The van der Waals surface area contributed by atoms with Crippen molar-refractivity contribution in [3.8, 4) is 11.1 Å². The maximum atomic E-state index is 13.2. The first-order chi connectivity index (χ1) is 8.33. The van der Waals surface area contributed by atoms with Gasteiger partial charge in [0.25, 0.3) is 0 Å². The quantitative estimate of drug-likeness (QED) is 0.606. The molecule has 0 amide bonds. The van der Waals surface area contributed by atoms with Crippen LogP contribution >= 0.6 is 0 Å². The van der Waals surface area contributed by atoms with E-state index in [9.17, 15) is 4.39 Å². The molecule has 1 nitrogen and oxygen atoms in total. The molecule has 2 aromatic carbocycles. The van der Waals surface area contributed by atoms with E-state index in [2.05, 4.69) is 4.98 Å². The van der Waals surface area contributed by atoms with Gasteiger partial charge in [0.2, 0.25) is 0 Å². The minimum Gasteiger partial charge on any atom is -0.264 e. The number of rotatable bonds is 1. The molecule has 0 spiro atoms. The van der Waals surface area contributed by atoms with Crippen LogP contribution in [-0.2, 0) is 0 Å². The van der Waals surface area contributed by atoms with Crippen molar-refractivity contribution in [2.24, 2.45) is 0 Å². The number of benzene rings is 2. The summed E-state index contributed by atoms with van der Waals surface area (Å²) in [5, 5.41) is 2.20. The summed E-state index contributed by atoms with van der Waals surface area (Å²) in [5.41, 5.74) is 1.89. The lowest BCUT2D eigenvalue weighted by molar-refractivity contribution is 0.628. The standard InChI is InChI=1S/C15H10FN/c16-15-3-1-2-12(9-15)13-5-4-11-6-7-17-10-14(11)8-13/h1-10H. The van der Waals surface area contributed by atoms with Crippen molar-refractivity contribution >= 4 is 10.8 Å². The summed E-state index contributed by atoms with van der Waals surface area (Å²) in [7, 11) is 0. The molecule has 2 heteroatoms. The summed E-state index contributed by atoms with van der Waals surface area (Å²) < 4.78 is 13.2. The van der Waals surface area contributed by atoms with Crippen molar-refractivity contribution in [1.82, 2.24) is 4.98 Å². The van der Waals surface area contributed by atoms with E-state index in [0.29, 0.717) is 0 Å². The Labute approximate surface area is 98.6 Å². The lowest BCUT2D eigenvalue weighted by Crippen LogP contribution is -1.81. The van der Waals surface area contributed by atoms with Crippen LogP contribution in [0, 0.1) is 5.82 Å². The highest BCUT2D eigenvalue weighted by Crippen LogP contribution is 2.24. The molecule has 0 saturated carbocycles. The number of hydrogen-bond acceptors (Lipinski definition) is 1. The van der Waals surface area contributed by atoms with Crippen LogP contribution in [0.25, 0.3) is 21.9 Å². The Morgan fingerprint density at radius 1 is 0.824 bits per heavy atom. The van der Waals surface area contributed by atoms with E-state index in [0.717, 1.165) is 21.9 Å². The Hall–Kier alpha value is -2.22. The zero-order chi connectivity index (χ0) is 11.7. The maximum Gasteiger partial charge on any atom is 0.123 e. The summed E-state index contributed by atoms with van der Waals surface area (Å²) in [6.45, 7) is 0. The summed E-state index contributed by atoms with van der Waals surface area (Å²) in [6.07, 6.45) is 3.59. The minimum atomic E-state index is -0.214. The lowest BCUT2D eigenvalue weighted by atomic mass is 10.0. The molecule has 0 aliphatic rings. The van der Waals surface area contributed by atoms with Gasteiger partial charge in [-0.2, -0.15) is 0 Å². The fraction of sp³-hybridized carbons (Fsp3) is 0. The highest BCUT2D eigenvalue weighted by atomic mass is 19.1. The Bertz CT molecular complexity index is 676. The van der Waals surface area contributed by atoms with Crippen molar-refractivity contribution < 1.29 is 4.39 Å². The first-order valence-electron chi connectivity index (χ1n) is 5.43. The SMILES string of the molecule is Fc1cccc(-c2ccc3ccncc3c2)c1. The predicted octanol–water partition coefficient (Wildman–Crippen LogP) is 4.04. The van der Waals surface area contributed by atoms with Gasteiger partial charge in [-0.1, -0.05) is 24.3 Å². The van der Waals surface area contributed by atoms with E-state index in [1.54, 1.807) is 12.3 Å². The Morgan fingerprint density at radius 2 is 1.71 bits per heavy atom. The van der Waals surface area contributed by atoms with Crippen LogP contribution in [0.5, 0.6) is 0 Å². The van der Waals surface area contributed by atoms with E-state index < -0.39 is 0 Å². The van der Waals surface area contributed by atoms with Crippen molar-refractivity contribution in [3.05, 3.63) is 66.7 Å². The third kappa shape index (κ3) is 1.89. The fourth-order valence-electron chi connectivity index (χ4n) is 1.93. The largest absolute Gasteiger partial charge is 0.264 e. The summed E-state index contributed by atoms with van der Waals surface area (Å²) in [4.78, 5) is 4.09. The summed E-state index contributed by atoms with van der Waals surface area (Å²) in [5.74, 6) is -0.214. The molecule has 3 rings (SSSR count). The molecular formula is C15H10FN. The average Bonchev–Trinajstić information content (AvgIpc) is 2.38. The molecule has 0 aliphatic carbocycles. The van der Waals surface area contributed by atoms with Crippen LogP contribution < -0.4 is 0 Å². The van der Waals surface area contributed by atoms with Crippen LogP contribution in [0.4, 0.5) is 4.39 Å². The van der Waals surface area contributed by atoms with Gasteiger partial charge in [-0.05, 0) is 40.8 Å². The first-order valence-corrected chi connectivity index (χ1v) is 5.43. The van der Waals surface area contributed by atoms with Crippen LogP contribution in [0.2, 0.25) is 0 Å². The van der Waals surface area contributed by atoms with Crippen molar-refractivity contribution in [3.63, 3.8) is 0 Å². The number of fused-ring (bicyclic) bond motifs is 1. The number of pyridine rings is 1. The van der Waals surface area contributed by atoms with Crippen LogP contribution in [0.1, 0.15) is 0 Å². The van der Waals surface area contributed by atoms with Gasteiger partial charge in [-0.3, -0.25) is 4.98 Å². The smallest absolute Gasteiger partial charge is 0.123 e. The Balaban J connectivity index is 2.18. The van der Waals surface area contributed by atoms with E-state index >= 15 is 0 Å². The molecule has 0 saturated heterocycles. The third-order valence-electron chi connectivity index (χ3n) is 2.80. The molecular weight excluding hydrogens is 213 g/mol. The van der Waals surface area contributed by atoms with Crippen LogP contribution in [0.3, 0.4) is 0 Å². The molecule has 0 aliphatic heterocycles. The normalized spacial score (nSPS) is 10.6. The van der Waals surface area contributed by atoms with Crippen molar-refractivity contribution in [1.29, 1.82) is 0 Å². The number of hydrogen-bond donors (Lipinski definition) is 0. The molecule has 0 N–H and O–H groups in total. The molecule has 0 unspecified atom stereocenters. The molecule has 3 aromatic rings. The van der Waals surface area contributed by atoms with Gasteiger partial charge in [0, 0.05) is 17.8 Å². The summed E-state index contributed by atoms with van der Waals surface area (Å²) >= 11 is 0. The highest BCUT2D eigenvalue weighted by Gasteiger charge is 2.00. The molecule has 1 heterocycles. The molecule has 0 radical (unpaired) electrons. The van der Waals surface area contributed by atoms with E-state index in [1.807, 2.05) is 36.5 Å². The fourth-order valence-corrected chi connectivity index (χ4v) is 1.93. The molecule has 82 valence electrons. The number of aromatic nitrogens is 1. The van der Waals surface area contributed by atoms with Gasteiger partial charge in [-0.15, -0.1) is 0 Å². The zero-order valence-corrected chi connectivity index (χ0v) is 9.10. The van der Waals surface area contributed by atoms with Crippen molar-refractivity contribution in [2.75, 3.05) is 0 Å². The third-order valence-corrected chi connectivity index (χ3v) is 2.80. The van der Waals surface area contributed by atoms with Crippen LogP contribution in [-0.4, -0.2) is 4.98 Å². The van der Waals surface area contributed by atoms with Gasteiger partial charge in [0.05, 0.1) is 0 Å². The molecule has 17 heavy (non-hydrogen) atoms. The first kappa shape index (κ1) is 9.97. The molecule has 0 fully saturated rings. The molecule has 1 aromatic heterocycles. The van der Waals surface area contributed by atoms with Gasteiger partial charge in [-0.25, -0.2) is 4.39 Å². The van der Waals surface area contributed by atoms with Gasteiger partial charge in [0.1, 0.15) is 5.82 Å². The van der Waals surface area contributed by atoms with Crippen molar-refractivity contribution in [2.45, 2.75) is 0 Å². The Kier molecular flexibility index (Phi) is 2.33. The second-order valence-corrected chi connectivity index (χ2v) is 3.95. The van der Waals surface area contributed by atoms with Gasteiger partial charge >= 0.3 is 0 Å². The predicted molar refractivity (Wildman–Crippen MR) is 67.1 cm³/mol.